The maximum atomic E-state index is 13.0. The Bertz CT molecular complexity index is 1050. The SMILES string of the molecule is C#CCC(CC#C/C(=C\c1ccccc1)C(=O)c1ccccc1)(C(=O)OC)C(=O)OC. The van der Waals surface area contributed by atoms with Gasteiger partial charge in [0.05, 0.1) is 19.8 Å². The number of esters is 2. The average Bonchev–Trinajstić information content (AvgIpc) is 2.82. The van der Waals surface area contributed by atoms with Crippen molar-refractivity contribution in [3.63, 3.8) is 0 Å². The van der Waals surface area contributed by atoms with Crippen molar-refractivity contribution < 1.29 is 23.9 Å². The second-order valence-electron chi connectivity index (χ2n) is 6.59. The van der Waals surface area contributed by atoms with Crippen LogP contribution < -0.4 is 0 Å². The maximum absolute atomic E-state index is 13.0. The lowest BCUT2D eigenvalue weighted by atomic mass is 9.81. The minimum Gasteiger partial charge on any atom is -0.468 e. The third-order valence-corrected chi connectivity index (χ3v) is 4.56. The largest absolute Gasteiger partial charge is 0.468 e. The van der Waals surface area contributed by atoms with E-state index >= 15 is 0 Å². The number of allylic oxidation sites excluding steroid dienone is 1. The quantitative estimate of drug-likeness (QED) is 0.227. The summed E-state index contributed by atoms with van der Waals surface area (Å²) in [4.78, 5) is 37.8. The van der Waals surface area contributed by atoms with Gasteiger partial charge in [-0.25, -0.2) is 0 Å². The Morgan fingerprint density at radius 2 is 1.45 bits per heavy atom. The highest BCUT2D eigenvalue weighted by molar-refractivity contribution is 6.14. The highest BCUT2D eigenvalue weighted by Gasteiger charge is 2.47. The molecule has 31 heavy (non-hydrogen) atoms. The number of carbonyl (C=O) groups is 3. The number of methoxy groups -OCH3 is 2. The zero-order valence-corrected chi connectivity index (χ0v) is 17.4. The molecule has 0 fully saturated rings. The molecule has 5 heteroatoms. The first-order chi connectivity index (χ1) is 15.0. The first-order valence-electron chi connectivity index (χ1n) is 9.44. The van der Waals surface area contributed by atoms with Crippen molar-refractivity contribution in [1.29, 1.82) is 0 Å². The number of ketones is 1. The molecule has 0 N–H and O–H groups in total. The third-order valence-electron chi connectivity index (χ3n) is 4.56. The molecule has 0 aliphatic rings. The second-order valence-corrected chi connectivity index (χ2v) is 6.59. The zero-order valence-electron chi connectivity index (χ0n) is 17.4. The fourth-order valence-electron chi connectivity index (χ4n) is 2.91. The molecule has 0 aliphatic heterocycles. The molecule has 0 radical (unpaired) electrons. The topological polar surface area (TPSA) is 69.7 Å². The van der Waals surface area contributed by atoms with E-state index in [9.17, 15) is 14.4 Å². The highest BCUT2D eigenvalue weighted by atomic mass is 16.5. The van der Waals surface area contributed by atoms with Crippen LogP contribution in [0.1, 0.15) is 28.8 Å². The number of ether oxygens (including phenoxy) is 2. The van der Waals surface area contributed by atoms with Crippen molar-refractivity contribution in [2.24, 2.45) is 5.41 Å². The smallest absolute Gasteiger partial charge is 0.325 e. The zero-order chi connectivity index (χ0) is 22.7. The van der Waals surface area contributed by atoms with Crippen LogP contribution in [-0.2, 0) is 19.1 Å². The lowest BCUT2D eigenvalue weighted by Crippen LogP contribution is -2.40. The molecule has 0 heterocycles. The summed E-state index contributed by atoms with van der Waals surface area (Å²) in [6.45, 7) is 0. The molecule has 2 rings (SSSR count). The second kappa shape index (κ2) is 11.2. The molecule has 2 aromatic carbocycles. The molecule has 0 atom stereocenters. The van der Waals surface area contributed by atoms with Crippen LogP contribution in [0.2, 0.25) is 0 Å². The van der Waals surface area contributed by atoms with Crippen LogP contribution in [0.5, 0.6) is 0 Å². The summed E-state index contributed by atoms with van der Waals surface area (Å²) in [6.07, 6.45) is 6.53. The van der Waals surface area contributed by atoms with Crippen molar-refractivity contribution in [3.05, 3.63) is 77.4 Å². The molecule has 0 saturated carbocycles. The van der Waals surface area contributed by atoms with Gasteiger partial charge in [0.15, 0.2) is 5.41 Å². The van der Waals surface area contributed by atoms with E-state index < -0.39 is 17.4 Å². The molecule has 156 valence electrons. The van der Waals surface area contributed by atoms with E-state index in [0.717, 1.165) is 19.8 Å². The van der Waals surface area contributed by atoms with Crippen molar-refractivity contribution in [2.75, 3.05) is 14.2 Å². The van der Waals surface area contributed by atoms with Crippen LogP contribution in [0.3, 0.4) is 0 Å². The van der Waals surface area contributed by atoms with Crippen LogP contribution in [0.4, 0.5) is 0 Å². The fraction of sp³-hybridized carbons (Fsp3) is 0.192. The summed E-state index contributed by atoms with van der Waals surface area (Å²) in [6, 6.07) is 17.9. The summed E-state index contributed by atoms with van der Waals surface area (Å²) in [7, 11) is 2.31. The summed E-state index contributed by atoms with van der Waals surface area (Å²) in [5, 5.41) is 0. The van der Waals surface area contributed by atoms with E-state index in [1.165, 1.54) is 0 Å². The third kappa shape index (κ3) is 5.72. The van der Waals surface area contributed by atoms with Gasteiger partial charge in [0.1, 0.15) is 0 Å². The Hall–Kier alpha value is -4.09. The van der Waals surface area contributed by atoms with Crippen LogP contribution >= 0.6 is 0 Å². The molecule has 5 nitrogen and oxygen atoms in total. The van der Waals surface area contributed by atoms with Crippen LogP contribution in [0.25, 0.3) is 6.08 Å². The van der Waals surface area contributed by atoms with Crippen LogP contribution in [0, 0.1) is 29.6 Å². The van der Waals surface area contributed by atoms with Crippen molar-refractivity contribution in [3.8, 4) is 24.2 Å². The van der Waals surface area contributed by atoms with E-state index in [0.29, 0.717) is 5.56 Å². The number of carbonyl (C=O) groups excluding carboxylic acids is 3. The van der Waals surface area contributed by atoms with E-state index in [1.807, 2.05) is 36.4 Å². The minimum absolute atomic E-state index is 0.210. The Morgan fingerprint density at radius 3 is 1.97 bits per heavy atom. The lowest BCUT2D eigenvalue weighted by molar-refractivity contribution is -0.168. The van der Waals surface area contributed by atoms with E-state index in [-0.39, 0.29) is 24.2 Å². The maximum Gasteiger partial charge on any atom is 0.325 e. The molecular formula is C26H22O5. The van der Waals surface area contributed by atoms with Gasteiger partial charge in [0.2, 0.25) is 5.78 Å². The number of terminal acetylenes is 1. The lowest BCUT2D eigenvalue weighted by Gasteiger charge is -2.23. The number of hydrogen-bond acceptors (Lipinski definition) is 5. The van der Waals surface area contributed by atoms with Gasteiger partial charge in [0, 0.05) is 18.4 Å². The molecule has 0 spiro atoms. The van der Waals surface area contributed by atoms with E-state index in [2.05, 4.69) is 17.8 Å². The molecule has 2 aromatic rings. The normalized spacial score (nSPS) is 10.8. The predicted molar refractivity (Wildman–Crippen MR) is 117 cm³/mol. The monoisotopic (exact) mass is 414 g/mol. The summed E-state index contributed by atoms with van der Waals surface area (Å²) >= 11 is 0. The Balaban J connectivity index is 2.49. The Labute approximate surface area is 182 Å². The number of rotatable bonds is 7. The van der Waals surface area contributed by atoms with Gasteiger partial charge in [0.25, 0.3) is 0 Å². The highest BCUT2D eigenvalue weighted by Crippen LogP contribution is 2.29. The van der Waals surface area contributed by atoms with Gasteiger partial charge in [-0.1, -0.05) is 72.5 Å². The van der Waals surface area contributed by atoms with Crippen molar-refractivity contribution >= 4 is 23.8 Å². The first kappa shape index (κ1) is 23.2. The summed E-state index contributed by atoms with van der Waals surface area (Å²) in [5.74, 6) is 5.95. The van der Waals surface area contributed by atoms with Crippen LogP contribution in [0.15, 0.2) is 66.2 Å². The molecule has 0 amide bonds. The molecule has 0 saturated heterocycles. The Kier molecular flexibility index (Phi) is 8.37. The molecule has 0 bridgehead atoms. The molecule has 0 unspecified atom stereocenters. The number of benzene rings is 2. The summed E-state index contributed by atoms with van der Waals surface area (Å²) < 4.78 is 9.55. The average molecular weight is 414 g/mol. The fourth-order valence-corrected chi connectivity index (χ4v) is 2.91. The van der Waals surface area contributed by atoms with Crippen LogP contribution in [-0.4, -0.2) is 31.9 Å². The van der Waals surface area contributed by atoms with Crippen molar-refractivity contribution in [1.82, 2.24) is 0 Å². The predicted octanol–water partition coefficient (Wildman–Crippen LogP) is 3.70. The summed E-state index contributed by atoms with van der Waals surface area (Å²) in [5.41, 5.74) is -0.303. The molecule has 0 aliphatic carbocycles. The van der Waals surface area contributed by atoms with Gasteiger partial charge in [-0.3, -0.25) is 14.4 Å². The van der Waals surface area contributed by atoms with E-state index in [4.69, 9.17) is 15.9 Å². The van der Waals surface area contributed by atoms with E-state index in [1.54, 1.807) is 30.3 Å². The Morgan fingerprint density at radius 1 is 0.903 bits per heavy atom. The minimum atomic E-state index is -1.76. The van der Waals surface area contributed by atoms with Gasteiger partial charge < -0.3 is 9.47 Å². The van der Waals surface area contributed by atoms with Gasteiger partial charge in [-0.05, 0) is 11.6 Å². The van der Waals surface area contributed by atoms with Gasteiger partial charge >= 0.3 is 11.9 Å². The first-order valence-corrected chi connectivity index (χ1v) is 9.44. The number of Topliss-reactive ketones (excluding diaryl/α,β-unsaturated/α-hetero) is 1. The van der Waals surface area contributed by atoms with Crippen molar-refractivity contribution in [2.45, 2.75) is 12.8 Å². The van der Waals surface area contributed by atoms with Gasteiger partial charge in [-0.2, -0.15) is 0 Å². The number of hydrogen-bond donors (Lipinski definition) is 0. The van der Waals surface area contributed by atoms with Gasteiger partial charge in [-0.15, -0.1) is 12.3 Å². The standard InChI is InChI=1S/C26H22O5/c1-4-17-26(24(28)30-2,25(29)31-3)18-11-16-22(19-20-12-7-5-8-13-20)23(27)21-14-9-6-10-15-21/h1,5-10,12-15,19H,17-18H2,2-3H3/b22-19+. The molecular weight excluding hydrogens is 392 g/mol. The molecule has 0 aromatic heterocycles.